The van der Waals surface area contributed by atoms with E-state index >= 15 is 0 Å². The highest BCUT2D eigenvalue weighted by Crippen LogP contribution is 2.34. The van der Waals surface area contributed by atoms with Gasteiger partial charge in [0.15, 0.2) is 0 Å². The van der Waals surface area contributed by atoms with E-state index in [1.165, 1.54) is 0 Å². The molecule has 0 unspecified atom stereocenters. The summed E-state index contributed by atoms with van der Waals surface area (Å²) in [5, 5.41) is 2.73. The smallest absolute Gasteiger partial charge is 0.226 e. The fraction of sp³-hybridized carbons (Fsp3) is 0.417. The van der Waals surface area contributed by atoms with Crippen LogP contribution in [0.5, 0.6) is 0 Å². The average Bonchev–Trinajstić information content (AvgIpc) is 2.21. The standard InChI is InChI=1S/C12H13Cl2FN2O/c13-8-4-7(15)5-9(14)11(8)17-10(18)6-12(16)2-1-3-12/h4-5H,1-3,6,16H2,(H,17,18). The van der Waals surface area contributed by atoms with E-state index in [-0.39, 0.29) is 28.1 Å². The third-order valence-corrected chi connectivity index (χ3v) is 3.73. The lowest BCUT2D eigenvalue weighted by Gasteiger charge is -2.37. The van der Waals surface area contributed by atoms with Crippen LogP contribution >= 0.6 is 23.2 Å². The second-order valence-corrected chi connectivity index (χ2v) is 5.50. The van der Waals surface area contributed by atoms with Crippen molar-refractivity contribution in [3.05, 3.63) is 28.0 Å². The predicted octanol–water partition coefficient (Wildman–Crippen LogP) is 3.34. The minimum absolute atomic E-state index is 0.0769. The number of hydrogen-bond acceptors (Lipinski definition) is 2. The number of carbonyl (C=O) groups excluding carboxylic acids is 1. The van der Waals surface area contributed by atoms with E-state index in [9.17, 15) is 9.18 Å². The van der Waals surface area contributed by atoms with Gasteiger partial charge >= 0.3 is 0 Å². The fourth-order valence-electron chi connectivity index (χ4n) is 1.97. The Kier molecular flexibility index (Phi) is 3.80. The number of nitrogens with two attached hydrogens (primary N) is 1. The molecule has 98 valence electrons. The highest BCUT2D eigenvalue weighted by atomic mass is 35.5. The van der Waals surface area contributed by atoms with Gasteiger partial charge in [0.1, 0.15) is 5.82 Å². The molecule has 18 heavy (non-hydrogen) atoms. The SMILES string of the molecule is NC1(CC(=O)Nc2c(Cl)cc(F)cc2Cl)CCC1. The van der Waals surface area contributed by atoms with Crippen LogP contribution in [0.1, 0.15) is 25.7 Å². The molecule has 1 aromatic carbocycles. The third kappa shape index (κ3) is 2.94. The molecule has 1 aromatic rings. The molecule has 3 N–H and O–H groups in total. The Morgan fingerprint density at radius 3 is 2.39 bits per heavy atom. The second kappa shape index (κ2) is 5.03. The third-order valence-electron chi connectivity index (χ3n) is 3.13. The van der Waals surface area contributed by atoms with Crippen molar-refractivity contribution in [2.24, 2.45) is 5.73 Å². The first-order valence-electron chi connectivity index (χ1n) is 5.63. The second-order valence-electron chi connectivity index (χ2n) is 4.69. The molecule has 0 aromatic heterocycles. The maximum Gasteiger partial charge on any atom is 0.226 e. The highest BCUT2D eigenvalue weighted by Gasteiger charge is 2.34. The molecule has 1 amide bonds. The van der Waals surface area contributed by atoms with Crippen LogP contribution in [0.4, 0.5) is 10.1 Å². The summed E-state index contributed by atoms with van der Waals surface area (Å²) in [7, 11) is 0. The monoisotopic (exact) mass is 290 g/mol. The Hall–Kier alpha value is -0.840. The Balaban J connectivity index is 2.07. The summed E-state index contributed by atoms with van der Waals surface area (Å²) in [6.07, 6.45) is 2.94. The summed E-state index contributed by atoms with van der Waals surface area (Å²) in [6, 6.07) is 2.20. The first-order chi connectivity index (χ1) is 8.39. The van der Waals surface area contributed by atoms with Crippen molar-refractivity contribution < 1.29 is 9.18 Å². The van der Waals surface area contributed by atoms with Crippen LogP contribution in [0, 0.1) is 5.82 Å². The van der Waals surface area contributed by atoms with Gasteiger partial charge in [0.2, 0.25) is 5.91 Å². The molecule has 0 bridgehead atoms. The van der Waals surface area contributed by atoms with Gasteiger partial charge in [-0.05, 0) is 31.4 Å². The number of rotatable bonds is 3. The van der Waals surface area contributed by atoms with E-state index in [2.05, 4.69) is 5.32 Å². The molecule has 0 aliphatic heterocycles. The zero-order valence-corrected chi connectivity index (χ0v) is 11.1. The first-order valence-corrected chi connectivity index (χ1v) is 6.38. The highest BCUT2D eigenvalue weighted by molar-refractivity contribution is 6.39. The topological polar surface area (TPSA) is 55.1 Å². The minimum atomic E-state index is -0.544. The van der Waals surface area contributed by atoms with Gasteiger partial charge in [-0.25, -0.2) is 4.39 Å². The molecule has 1 saturated carbocycles. The Bertz CT molecular complexity index is 466. The van der Waals surface area contributed by atoms with E-state index in [0.717, 1.165) is 31.4 Å². The number of carbonyl (C=O) groups is 1. The normalized spacial score (nSPS) is 17.1. The molecule has 6 heteroatoms. The van der Waals surface area contributed by atoms with Crippen molar-refractivity contribution in [3.8, 4) is 0 Å². The van der Waals surface area contributed by atoms with E-state index in [4.69, 9.17) is 28.9 Å². The van der Waals surface area contributed by atoms with E-state index in [0.29, 0.717) is 0 Å². The van der Waals surface area contributed by atoms with Crippen LogP contribution in [0.15, 0.2) is 12.1 Å². The van der Waals surface area contributed by atoms with Crippen LogP contribution in [-0.4, -0.2) is 11.4 Å². The van der Waals surface area contributed by atoms with Gasteiger partial charge in [-0.1, -0.05) is 23.2 Å². The lowest BCUT2D eigenvalue weighted by Crippen LogP contribution is -2.48. The molecule has 2 rings (SSSR count). The number of anilines is 1. The van der Waals surface area contributed by atoms with E-state index in [1.54, 1.807) is 0 Å². The van der Waals surface area contributed by atoms with Crippen molar-refractivity contribution in [3.63, 3.8) is 0 Å². The number of benzene rings is 1. The van der Waals surface area contributed by atoms with Crippen molar-refractivity contribution in [2.45, 2.75) is 31.2 Å². The van der Waals surface area contributed by atoms with Crippen molar-refractivity contribution >= 4 is 34.8 Å². The average molecular weight is 291 g/mol. The lowest BCUT2D eigenvalue weighted by molar-refractivity contribution is -0.118. The van der Waals surface area contributed by atoms with Crippen molar-refractivity contribution in [2.75, 3.05) is 5.32 Å². The van der Waals surface area contributed by atoms with Crippen LogP contribution in [0.2, 0.25) is 10.0 Å². The molecule has 0 heterocycles. The van der Waals surface area contributed by atoms with Gasteiger partial charge in [0.25, 0.3) is 0 Å². The molecule has 0 saturated heterocycles. The van der Waals surface area contributed by atoms with Gasteiger partial charge < -0.3 is 11.1 Å². The zero-order valence-electron chi connectivity index (χ0n) is 9.60. The van der Waals surface area contributed by atoms with Crippen LogP contribution < -0.4 is 11.1 Å². The van der Waals surface area contributed by atoms with Crippen LogP contribution in [0.3, 0.4) is 0 Å². The largest absolute Gasteiger partial charge is 0.325 e. The molecule has 0 spiro atoms. The number of nitrogens with one attached hydrogen (secondary N) is 1. The summed E-state index contributed by atoms with van der Waals surface area (Å²) < 4.78 is 13.0. The summed E-state index contributed by atoms with van der Waals surface area (Å²) >= 11 is 11.7. The van der Waals surface area contributed by atoms with Crippen molar-refractivity contribution in [1.82, 2.24) is 0 Å². The van der Waals surface area contributed by atoms with Gasteiger partial charge in [0, 0.05) is 12.0 Å². The quantitative estimate of drug-likeness (QED) is 0.897. The van der Waals surface area contributed by atoms with Gasteiger partial charge in [0.05, 0.1) is 15.7 Å². The summed E-state index contributed by atoms with van der Waals surface area (Å²) in [5.74, 6) is -0.801. The minimum Gasteiger partial charge on any atom is -0.325 e. The van der Waals surface area contributed by atoms with Crippen LogP contribution in [-0.2, 0) is 4.79 Å². The van der Waals surface area contributed by atoms with Gasteiger partial charge in [-0.2, -0.15) is 0 Å². The summed E-state index contributed by atoms with van der Waals surface area (Å²) in [6.45, 7) is 0. The van der Waals surface area contributed by atoms with Crippen LogP contribution in [0.25, 0.3) is 0 Å². The Morgan fingerprint density at radius 1 is 1.39 bits per heavy atom. The van der Waals surface area contributed by atoms with E-state index < -0.39 is 11.4 Å². The summed E-state index contributed by atoms with van der Waals surface area (Å²) in [4.78, 5) is 11.8. The number of halogens is 3. The summed E-state index contributed by atoms with van der Waals surface area (Å²) in [5.41, 5.74) is 5.79. The molecule has 3 nitrogen and oxygen atoms in total. The molecule has 1 aliphatic carbocycles. The van der Waals surface area contributed by atoms with Gasteiger partial charge in [-0.3, -0.25) is 4.79 Å². The first kappa shape index (κ1) is 13.6. The van der Waals surface area contributed by atoms with Gasteiger partial charge in [-0.15, -0.1) is 0 Å². The molecule has 1 aliphatic rings. The molecule has 0 radical (unpaired) electrons. The number of amides is 1. The van der Waals surface area contributed by atoms with E-state index in [1.807, 2.05) is 0 Å². The fourth-order valence-corrected chi connectivity index (χ4v) is 2.53. The molecule has 0 atom stereocenters. The predicted molar refractivity (Wildman–Crippen MR) is 70.4 cm³/mol. The molecule has 1 fully saturated rings. The Labute approximate surface area is 114 Å². The molecular formula is C12H13Cl2FN2O. The number of hydrogen-bond donors (Lipinski definition) is 2. The maximum absolute atomic E-state index is 13.0. The lowest BCUT2D eigenvalue weighted by atomic mass is 9.75. The van der Waals surface area contributed by atoms with Crippen molar-refractivity contribution in [1.29, 1.82) is 0 Å². The zero-order chi connectivity index (χ0) is 13.3. The maximum atomic E-state index is 13.0. The molecular weight excluding hydrogens is 278 g/mol. The Morgan fingerprint density at radius 2 is 1.94 bits per heavy atom.